The van der Waals surface area contributed by atoms with Gasteiger partial charge in [0.1, 0.15) is 5.82 Å². The van der Waals surface area contributed by atoms with Gasteiger partial charge in [-0.25, -0.2) is 4.39 Å². The van der Waals surface area contributed by atoms with Crippen LogP contribution in [0.15, 0.2) is 24.3 Å². The number of nitrogens with zero attached hydrogens (tertiary/aromatic N) is 1. The smallest absolute Gasteiger partial charge is 0.123 e. The van der Waals surface area contributed by atoms with Crippen molar-refractivity contribution in [1.82, 2.24) is 5.32 Å². The predicted octanol–water partition coefficient (Wildman–Crippen LogP) is 2.78. The van der Waals surface area contributed by atoms with Gasteiger partial charge in [-0.15, -0.1) is 0 Å². The van der Waals surface area contributed by atoms with Crippen molar-refractivity contribution in [2.75, 3.05) is 0 Å². The molecule has 0 fully saturated rings. The summed E-state index contributed by atoms with van der Waals surface area (Å²) in [5, 5.41) is 11.9. The molecule has 0 aliphatic carbocycles. The summed E-state index contributed by atoms with van der Waals surface area (Å²) in [4.78, 5) is 0. The second kappa shape index (κ2) is 5.47. The van der Waals surface area contributed by atoms with Crippen LogP contribution in [0.2, 0.25) is 0 Å². The van der Waals surface area contributed by atoms with E-state index in [9.17, 15) is 4.39 Å². The summed E-state index contributed by atoms with van der Waals surface area (Å²) in [5.41, 5.74) is 0.865. The van der Waals surface area contributed by atoms with Crippen molar-refractivity contribution >= 4 is 0 Å². The van der Waals surface area contributed by atoms with E-state index in [1.54, 1.807) is 6.07 Å². The summed E-state index contributed by atoms with van der Waals surface area (Å²) in [6, 6.07) is 8.41. The molecule has 2 atom stereocenters. The Morgan fingerprint density at radius 2 is 2.27 bits per heavy atom. The van der Waals surface area contributed by atoms with Crippen LogP contribution in [0, 0.1) is 17.1 Å². The molecule has 0 spiro atoms. The van der Waals surface area contributed by atoms with Gasteiger partial charge in [0, 0.05) is 6.04 Å². The molecule has 0 saturated heterocycles. The first-order valence-electron chi connectivity index (χ1n) is 5.08. The standard InChI is InChI=1S/C12H15FN2/c1-3-12(8-14)15-9(2)10-5-4-6-11(13)7-10/h4-7,9,12,15H,3H2,1-2H3/t9-,12?/m1/s1. The van der Waals surface area contributed by atoms with Crippen molar-refractivity contribution in [2.24, 2.45) is 0 Å². The minimum Gasteiger partial charge on any atom is -0.295 e. The van der Waals surface area contributed by atoms with Crippen LogP contribution in [0.5, 0.6) is 0 Å². The number of nitriles is 1. The lowest BCUT2D eigenvalue weighted by molar-refractivity contribution is 0.505. The third-order valence-electron chi connectivity index (χ3n) is 2.36. The molecule has 1 N–H and O–H groups in total. The van der Waals surface area contributed by atoms with Crippen LogP contribution in [-0.4, -0.2) is 6.04 Å². The zero-order valence-corrected chi connectivity index (χ0v) is 9.00. The van der Waals surface area contributed by atoms with E-state index in [1.165, 1.54) is 12.1 Å². The van der Waals surface area contributed by atoms with Crippen molar-refractivity contribution < 1.29 is 4.39 Å². The molecular weight excluding hydrogens is 191 g/mol. The minimum absolute atomic E-state index is 0.00898. The molecule has 0 radical (unpaired) electrons. The van der Waals surface area contributed by atoms with E-state index in [0.29, 0.717) is 0 Å². The second-order valence-corrected chi connectivity index (χ2v) is 3.53. The topological polar surface area (TPSA) is 35.8 Å². The molecule has 80 valence electrons. The zero-order valence-electron chi connectivity index (χ0n) is 9.00. The van der Waals surface area contributed by atoms with Gasteiger partial charge in [0.05, 0.1) is 12.1 Å². The van der Waals surface area contributed by atoms with Gasteiger partial charge in [-0.1, -0.05) is 19.1 Å². The maximum Gasteiger partial charge on any atom is 0.123 e. The highest BCUT2D eigenvalue weighted by Gasteiger charge is 2.10. The number of nitrogens with one attached hydrogen (secondary N) is 1. The SMILES string of the molecule is CCC(C#N)N[C@H](C)c1cccc(F)c1. The van der Waals surface area contributed by atoms with Crippen LogP contribution in [0.25, 0.3) is 0 Å². The van der Waals surface area contributed by atoms with E-state index >= 15 is 0 Å². The fourth-order valence-corrected chi connectivity index (χ4v) is 1.42. The van der Waals surface area contributed by atoms with Crippen molar-refractivity contribution in [3.8, 4) is 6.07 Å². The molecule has 3 heteroatoms. The molecule has 0 aromatic heterocycles. The number of hydrogen-bond donors (Lipinski definition) is 1. The van der Waals surface area contributed by atoms with Gasteiger partial charge < -0.3 is 0 Å². The molecule has 1 unspecified atom stereocenters. The lowest BCUT2D eigenvalue weighted by Gasteiger charge is -2.17. The summed E-state index contributed by atoms with van der Waals surface area (Å²) in [5.74, 6) is -0.244. The molecular formula is C12H15FN2. The molecule has 0 heterocycles. The van der Waals surface area contributed by atoms with Crippen LogP contribution in [0.1, 0.15) is 31.9 Å². The first kappa shape index (κ1) is 11.7. The molecule has 1 aromatic carbocycles. The zero-order chi connectivity index (χ0) is 11.3. The number of rotatable bonds is 4. The largest absolute Gasteiger partial charge is 0.295 e. The van der Waals surface area contributed by atoms with E-state index in [0.717, 1.165) is 12.0 Å². The Bertz CT molecular complexity index is 357. The van der Waals surface area contributed by atoms with E-state index in [1.807, 2.05) is 19.9 Å². The van der Waals surface area contributed by atoms with Gasteiger partial charge in [-0.05, 0) is 31.0 Å². The minimum atomic E-state index is -0.244. The Labute approximate surface area is 89.7 Å². The van der Waals surface area contributed by atoms with Crippen LogP contribution in [-0.2, 0) is 0 Å². The Balaban J connectivity index is 2.69. The highest BCUT2D eigenvalue weighted by molar-refractivity contribution is 5.20. The van der Waals surface area contributed by atoms with Crippen molar-refractivity contribution in [3.05, 3.63) is 35.6 Å². The lowest BCUT2D eigenvalue weighted by atomic mass is 10.1. The Hall–Kier alpha value is -1.40. The van der Waals surface area contributed by atoms with Crippen LogP contribution in [0.3, 0.4) is 0 Å². The summed E-state index contributed by atoms with van der Waals surface area (Å²) < 4.78 is 12.9. The quantitative estimate of drug-likeness (QED) is 0.822. The van der Waals surface area contributed by atoms with Gasteiger partial charge in [-0.2, -0.15) is 5.26 Å². The third-order valence-corrected chi connectivity index (χ3v) is 2.36. The van der Waals surface area contributed by atoms with Crippen molar-refractivity contribution in [3.63, 3.8) is 0 Å². The molecule has 1 aromatic rings. The molecule has 1 rings (SSSR count). The number of halogens is 1. The number of hydrogen-bond acceptors (Lipinski definition) is 2. The fraction of sp³-hybridized carbons (Fsp3) is 0.417. The van der Waals surface area contributed by atoms with Gasteiger partial charge in [0.2, 0.25) is 0 Å². The molecule has 0 bridgehead atoms. The maximum absolute atomic E-state index is 12.9. The summed E-state index contributed by atoms with van der Waals surface area (Å²) in [6.45, 7) is 3.87. The predicted molar refractivity (Wildman–Crippen MR) is 57.6 cm³/mol. The van der Waals surface area contributed by atoms with Crippen molar-refractivity contribution in [2.45, 2.75) is 32.4 Å². The van der Waals surface area contributed by atoms with Crippen molar-refractivity contribution in [1.29, 1.82) is 5.26 Å². The monoisotopic (exact) mass is 206 g/mol. The van der Waals surface area contributed by atoms with Gasteiger partial charge in [-0.3, -0.25) is 5.32 Å². The average Bonchev–Trinajstić information content (AvgIpc) is 2.25. The molecule has 0 amide bonds. The molecule has 0 aliphatic rings. The van der Waals surface area contributed by atoms with Gasteiger partial charge >= 0.3 is 0 Å². The normalized spacial score (nSPS) is 14.3. The highest BCUT2D eigenvalue weighted by atomic mass is 19.1. The summed E-state index contributed by atoms with van der Waals surface area (Å²) >= 11 is 0. The Morgan fingerprint density at radius 3 is 2.80 bits per heavy atom. The van der Waals surface area contributed by atoms with E-state index in [4.69, 9.17) is 5.26 Å². The maximum atomic E-state index is 12.9. The first-order valence-corrected chi connectivity index (χ1v) is 5.08. The molecule has 0 saturated carbocycles. The fourth-order valence-electron chi connectivity index (χ4n) is 1.42. The van der Waals surface area contributed by atoms with Gasteiger partial charge in [0.25, 0.3) is 0 Å². The molecule has 2 nitrogen and oxygen atoms in total. The van der Waals surface area contributed by atoms with E-state index in [2.05, 4.69) is 11.4 Å². The lowest BCUT2D eigenvalue weighted by Crippen LogP contribution is -2.29. The van der Waals surface area contributed by atoms with E-state index in [-0.39, 0.29) is 17.9 Å². The average molecular weight is 206 g/mol. The second-order valence-electron chi connectivity index (χ2n) is 3.53. The summed E-state index contributed by atoms with van der Waals surface area (Å²) in [6.07, 6.45) is 0.746. The summed E-state index contributed by atoms with van der Waals surface area (Å²) in [7, 11) is 0. The third kappa shape index (κ3) is 3.34. The molecule has 15 heavy (non-hydrogen) atoms. The van der Waals surface area contributed by atoms with E-state index < -0.39 is 0 Å². The Morgan fingerprint density at radius 1 is 1.53 bits per heavy atom. The number of benzene rings is 1. The van der Waals surface area contributed by atoms with Crippen LogP contribution >= 0.6 is 0 Å². The molecule has 0 aliphatic heterocycles. The first-order chi connectivity index (χ1) is 7.17. The van der Waals surface area contributed by atoms with Gasteiger partial charge in [0.15, 0.2) is 0 Å². The highest BCUT2D eigenvalue weighted by Crippen LogP contribution is 2.14. The Kier molecular flexibility index (Phi) is 4.26. The van der Waals surface area contributed by atoms with Crippen LogP contribution in [0.4, 0.5) is 4.39 Å². The van der Waals surface area contributed by atoms with Crippen LogP contribution < -0.4 is 5.32 Å².